The predicted octanol–water partition coefficient (Wildman–Crippen LogP) is 2.79. The van der Waals surface area contributed by atoms with Crippen molar-refractivity contribution in [1.82, 2.24) is 20.0 Å². The quantitative estimate of drug-likeness (QED) is 0.744. The van der Waals surface area contributed by atoms with Gasteiger partial charge in [-0.1, -0.05) is 6.92 Å². The zero-order chi connectivity index (χ0) is 14.4. The molecule has 1 N–H and O–H groups in total. The molecule has 0 aliphatic heterocycles. The first-order chi connectivity index (χ1) is 9.01. The summed E-state index contributed by atoms with van der Waals surface area (Å²) in [5.74, 6) is 0. The van der Waals surface area contributed by atoms with Crippen molar-refractivity contribution in [2.75, 3.05) is 20.1 Å². The first-order valence-corrected chi connectivity index (χ1v) is 7.93. The summed E-state index contributed by atoms with van der Waals surface area (Å²) in [6.07, 6.45) is 1.20. The Morgan fingerprint density at radius 2 is 2.11 bits per heavy atom. The Labute approximate surface area is 125 Å². The molecule has 1 aromatic heterocycles. The normalized spacial score (nSPS) is 13.2. The number of aryl methyl sites for hydroxylation is 2. The maximum atomic E-state index is 4.50. The van der Waals surface area contributed by atoms with Crippen molar-refractivity contribution in [2.24, 2.45) is 0 Å². The lowest BCUT2D eigenvalue weighted by molar-refractivity contribution is 0.251. The van der Waals surface area contributed by atoms with Crippen molar-refractivity contribution in [3.8, 4) is 0 Å². The van der Waals surface area contributed by atoms with Crippen LogP contribution < -0.4 is 5.32 Å². The van der Waals surface area contributed by atoms with Crippen LogP contribution in [-0.2, 0) is 13.1 Å². The van der Waals surface area contributed by atoms with E-state index >= 15 is 0 Å². The molecule has 0 aliphatic rings. The minimum absolute atomic E-state index is 0.650. The van der Waals surface area contributed by atoms with Crippen LogP contribution in [0.2, 0.25) is 0 Å². The van der Waals surface area contributed by atoms with E-state index in [-0.39, 0.29) is 0 Å². The van der Waals surface area contributed by atoms with Crippen LogP contribution in [0.4, 0.5) is 0 Å². The SMILES string of the molecule is CCC(C)N(C)CCNCc1c(Br)c(C)nn1CC. The van der Waals surface area contributed by atoms with Gasteiger partial charge >= 0.3 is 0 Å². The highest BCUT2D eigenvalue weighted by Crippen LogP contribution is 2.20. The molecule has 19 heavy (non-hydrogen) atoms. The van der Waals surface area contributed by atoms with E-state index in [0.29, 0.717) is 6.04 Å². The predicted molar refractivity (Wildman–Crippen MR) is 84.4 cm³/mol. The summed E-state index contributed by atoms with van der Waals surface area (Å²) in [6, 6.07) is 0.650. The molecule has 5 heteroatoms. The lowest BCUT2D eigenvalue weighted by atomic mass is 10.2. The van der Waals surface area contributed by atoms with Gasteiger partial charge in [0.25, 0.3) is 0 Å². The fraction of sp³-hybridized carbons (Fsp3) is 0.786. The van der Waals surface area contributed by atoms with Gasteiger partial charge in [0.2, 0.25) is 0 Å². The van der Waals surface area contributed by atoms with Gasteiger partial charge in [-0.15, -0.1) is 0 Å². The second kappa shape index (κ2) is 8.02. The molecule has 4 nitrogen and oxygen atoms in total. The van der Waals surface area contributed by atoms with E-state index in [4.69, 9.17) is 0 Å². The van der Waals surface area contributed by atoms with E-state index in [1.807, 2.05) is 6.92 Å². The van der Waals surface area contributed by atoms with Gasteiger partial charge in [0, 0.05) is 32.2 Å². The van der Waals surface area contributed by atoms with Crippen LogP contribution >= 0.6 is 15.9 Å². The van der Waals surface area contributed by atoms with Crippen LogP contribution in [0.5, 0.6) is 0 Å². The third-order valence-electron chi connectivity index (χ3n) is 3.73. The fourth-order valence-corrected chi connectivity index (χ4v) is 2.46. The zero-order valence-corrected chi connectivity index (χ0v) is 14.4. The molecule has 1 atom stereocenters. The van der Waals surface area contributed by atoms with Gasteiger partial charge in [0.1, 0.15) is 0 Å². The lowest BCUT2D eigenvalue weighted by Crippen LogP contribution is -2.35. The van der Waals surface area contributed by atoms with Crippen molar-refractivity contribution in [3.63, 3.8) is 0 Å². The maximum absolute atomic E-state index is 4.50. The molecule has 1 aromatic rings. The molecule has 0 radical (unpaired) electrons. The van der Waals surface area contributed by atoms with Gasteiger partial charge in [-0.05, 0) is 50.2 Å². The molecule has 0 saturated heterocycles. The Balaban J connectivity index is 2.41. The highest BCUT2D eigenvalue weighted by Gasteiger charge is 2.11. The highest BCUT2D eigenvalue weighted by atomic mass is 79.9. The van der Waals surface area contributed by atoms with Crippen molar-refractivity contribution < 1.29 is 0 Å². The van der Waals surface area contributed by atoms with E-state index in [9.17, 15) is 0 Å². The Morgan fingerprint density at radius 3 is 2.68 bits per heavy atom. The average molecular weight is 331 g/mol. The molecule has 0 aliphatic carbocycles. The Bertz CT molecular complexity index is 389. The molecule has 1 unspecified atom stereocenters. The van der Waals surface area contributed by atoms with Gasteiger partial charge in [-0.2, -0.15) is 5.10 Å². The fourth-order valence-electron chi connectivity index (χ4n) is 2.03. The molecule has 0 saturated carbocycles. The van der Waals surface area contributed by atoms with Gasteiger partial charge < -0.3 is 10.2 Å². The molecule has 0 bridgehead atoms. The molecule has 1 rings (SSSR count). The van der Waals surface area contributed by atoms with Crippen LogP contribution in [0.25, 0.3) is 0 Å². The minimum Gasteiger partial charge on any atom is -0.310 e. The number of rotatable bonds is 8. The Morgan fingerprint density at radius 1 is 1.42 bits per heavy atom. The van der Waals surface area contributed by atoms with Crippen molar-refractivity contribution in [1.29, 1.82) is 0 Å². The molecule has 1 heterocycles. The number of halogens is 1. The van der Waals surface area contributed by atoms with Gasteiger partial charge in [-0.3, -0.25) is 4.68 Å². The highest BCUT2D eigenvalue weighted by molar-refractivity contribution is 9.10. The molecule has 0 aromatic carbocycles. The van der Waals surface area contributed by atoms with Gasteiger partial charge in [-0.25, -0.2) is 0 Å². The molecular formula is C14H27BrN4. The van der Waals surface area contributed by atoms with E-state index in [0.717, 1.165) is 36.3 Å². The van der Waals surface area contributed by atoms with Crippen LogP contribution in [-0.4, -0.2) is 40.9 Å². The number of hydrogen-bond donors (Lipinski definition) is 1. The van der Waals surface area contributed by atoms with Crippen LogP contribution in [0, 0.1) is 6.92 Å². The zero-order valence-electron chi connectivity index (χ0n) is 12.8. The van der Waals surface area contributed by atoms with Gasteiger partial charge in [0.15, 0.2) is 0 Å². The van der Waals surface area contributed by atoms with E-state index in [1.54, 1.807) is 0 Å². The lowest BCUT2D eigenvalue weighted by Gasteiger charge is -2.23. The Hall–Kier alpha value is -0.390. The van der Waals surface area contributed by atoms with Crippen molar-refractivity contribution in [3.05, 3.63) is 15.9 Å². The summed E-state index contributed by atoms with van der Waals surface area (Å²) in [5.41, 5.74) is 2.31. The standard InChI is InChI=1S/C14H27BrN4/c1-6-11(3)18(5)9-8-16-10-13-14(15)12(4)17-19(13)7-2/h11,16H,6-10H2,1-5H3. The third kappa shape index (κ3) is 4.58. The number of likely N-dealkylation sites (N-methyl/N-ethyl adjacent to an activating group) is 1. The summed E-state index contributed by atoms with van der Waals surface area (Å²) in [7, 11) is 2.19. The van der Waals surface area contributed by atoms with Crippen molar-refractivity contribution >= 4 is 15.9 Å². The second-order valence-electron chi connectivity index (χ2n) is 5.08. The minimum atomic E-state index is 0.650. The summed E-state index contributed by atoms with van der Waals surface area (Å²) in [6.45, 7) is 12.5. The number of nitrogens with zero attached hydrogens (tertiary/aromatic N) is 3. The van der Waals surface area contributed by atoms with Crippen LogP contribution in [0.15, 0.2) is 4.47 Å². The van der Waals surface area contributed by atoms with Crippen LogP contribution in [0.3, 0.4) is 0 Å². The van der Waals surface area contributed by atoms with Crippen molar-refractivity contribution in [2.45, 2.75) is 53.2 Å². The largest absolute Gasteiger partial charge is 0.310 e. The topological polar surface area (TPSA) is 33.1 Å². The maximum Gasteiger partial charge on any atom is 0.0739 e. The number of nitrogens with one attached hydrogen (secondary N) is 1. The van der Waals surface area contributed by atoms with E-state index in [1.165, 1.54) is 12.1 Å². The molecule has 0 fully saturated rings. The summed E-state index contributed by atoms with van der Waals surface area (Å²) in [5, 5.41) is 8.01. The average Bonchev–Trinajstić information content (AvgIpc) is 2.69. The Kier molecular flexibility index (Phi) is 7.04. The van der Waals surface area contributed by atoms with Crippen LogP contribution in [0.1, 0.15) is 38.6 Å². The summed E-state index contributed by atoms with van der Waals surface area (Å²) < 4.78 is 3.20. The number of aromatic nitrogens is 2. The molecule has 0 spiro atoms. The number of hydrogen-bond acceptors (Lipinski definition) is 3. The first kappa shape index (κ1) is 16.7. The second-order valence-corrected chi connectivity index (χ2v) is 5.87. The summed E-state index contributed by atoms with van der Waals surface area (Å²) >= 11 is 3.62. The van der Waals surface area contributed by atoms with E-state index in [2.05, 4.69) is 63.7 Å². The smallest absolute Gasteiger partial charge is 0.0739 e. The third-order valence-corrected chi connectivity index (χ3v) is 4.76. The summed E-state index contributed by atoms with van der Waals surface area (Å²) in [4.78, 5) is 2.39. The van der Waals surface area contributed by atoms with Gasteiger partial charge in [0.05, 0.1) is 15.9 Å². The first-order valence-electron chi connectivity index (χ1n) is 7.13. The molecule has 110 valence electrons. The molecule has 0 amide bonds. The van der Waals surface area contributed by atoms with E-state index < -0.39 is 0 Å². The monoisotopic (exact) mass is 330 g/mol. The molecular weight excluding hydrogens is 304 g/mol.